The number of benzene rings is 2. The minimum atomic E-state index is -0.681. The lowest BCUT2D eigenvalue weighted by Crippen LogP contribution is -2.12. The highest BCUT2D eigenvalue weighted by Crippen LogP contribution is 2.26. The van der Waals surface area contributed by atoms with Crippen molar-refractivity contribution in [3.63, 3.8) is 0 Å². The van der Waals surface area contributed by atoms with E-state index in [2.05, 4.69) is 0 Å². The largest absolute Gasteiger partial charge is 0.496 e. The molecule has 2 aromatic carbocycles. The topological polar surface area (TPSA) is 102 Å². The van der Waals surface area contributed by atoms with Gasteiger partial charge >= 0.3 is 11.9 Å². The van der Waals surface area contributed by atoms with Gasteiger partial charge in [-0.2, -0.15) is 0 Å². The van der Waals surface area contributed by atoms with Gasteiger partial charge in [0.2, 0.25) is 0 Å². The van der Waals surface area contributed by atoms with E-state index in [0.29, 0.717) is 16.9 Å². The van der Waals surface area contributed by atoms with Gasteiger partial charge in [-0.05, 0) is 47.5 Å². The van der Waals surface area contributed by atoms with Crippen molar-refractivity contribution in [3.8, 4) is 17.2 Å². The Morgan fingerprint density at radius 1 is 0.923 bits per heavy atom. The van der Waals surface area contributed by atoms with Crippen LogP contribution in [0.25, 0.3) is 0 Å². The molecule has 7 nitrogen and oxygen atoms in total. The molecule has 0 radical (unpaired) electrons. The van der Waals surface area contributed by atoms with Crippen LogP contribution in [0.2, 0.25) is 0 Å². The first-order valence-corrected chi connectivity index (χ1v) is 7.96. The average Bonchev–Trinajstić information content (AvgIpc) is 2.67. The third-order valence-electron chi connectivity index (χ3n) is 3.64. The molecule has 0 spiro atoms. The van der Waals surface area contributed by atoms with Crippen LogP contribution in [0.1, 0.15) is 34.8 Å². The van der Waals surface area contributed by atoms with Crippen LogP contribution < -0.4 is 14.2 Å². The van der Waals surface area contributed by atoms with Crippen molar-refractivity contribution in [3.05, 3.63) is 53.1 Å². The van der Waals surface area contributed by atoms with Gasteiger partial charge < -0.3 is 24.4 Å². The molecule has 2 N–H and O–H groups in total. The maximum atomic E-state index is 12.4. The molecule has 7 heteroatoms. The Morgan fingerprint density at radius 3 is 1.96 bits per heavy atom. The summed E-state index contributed by atoms with van der Waals surface area (Å²) in [6.07, 6.45) is 0.257. The van der Waals surface area contributed by atoms with E-state index in [1.165, 1.54) is 43.5 Å². The molecule has 2 aromatic rings. The Bertz CT molecular complexity index is 781. The monoisotopic (exact) mass is 360 g/mol. The van der Waals surface area contributed by atoms with Crippen molar-refractivity contribution >= 4 is 11.9 Å². The minimum Gasteiger partial charge on any atom is -0.496 e. The quantitative estimate of drug-likeness (QED) is 0.576. The Hall–Kier alpha value is -2.90. The molecule has 0 aliphatic carbocycles. The molecule has 0 unspecified atom stereocenters. The van der Waals surface area contributed by atoms with E-state index in [0.717, 1.165) is 0 Å². The Balaban J connectivity index is 2.20. The molecular formula is C19H20O7. The number of rotatable bonds is 7. The summed E-state index contributed by atoms with van der Waals surface area (Å²) in [5.41, 5.74) is 0.986. The molecule has 0 saturated heterocycles. The fourth-order valence-electron chi connectivity index (χ4n) is 2.23. The highest BCUT2D eigenvalue weighted by molar-refractivity contribution is 5.94. The van der Waals surface area contributed by atoms with Crippen LogP contribution >= 0.6 is 0 Å². The molecule has 0 heterocycles. The molecule has 0 aliphatic rings. The van der Waals surface area contributed by atoms with Gasteiger partial charge in [0, 0.05) is 6.42 Å². The summed E-state index contributed by atoms with van der Waals surface area (Å²) in [5.74, 6) is -0.210. The second kappa shape index (κ2) is 8.98. The predicted octanol–water partition coefficient (Wildman–Crippen LogP) is 2.21. The van der Waals surface area contributed by atoms with Crippen molar-refractivity contribution in [2.45, 2.75) is 26.6 Å². The van der Waals surface area contributed by atoms with Crippen LogP contribution in [0.5, 0.6) is 17.2 Å². The zero-order valence-corrected chi connectivity index (χ0v) is 14.5. The lowest BCUT2D eigenvalue weighted by Gasteiger charge is -2.13. The molecule has 2 rings (SSSR count). The normalized spacial score (nSPS) is 10.3. The number of aliphatic hydroxyl groups excluding tert-OH is 2. The van der Waals surface area contributed by atoms with Gasteiger partial charge in [0.25, 0.3) is 0 Å². The number of carbonyl (C=O) groups excluding carboxylic acids is 2. The SMILES string of the molecule is CCC(=O)Oc1ccc(OC(=O)c2cc(CO)c(CO)cc2OC)cc1. The fraction of sp³-hybridized carbons (Fsp3) is 0.263. The highest BCUT2D eigenvalue weighted by Gasteiger charge is 2.18. The Labute approximate surface area is 150 Å². The molecule has 0 saturated carbocycles. The molecule has 0 atom stereocenters. The summed E-state index contributed by atoms with van der Waals surface area (Å²) in [6.45, 7) is 1.06. The van der Waals surface area contributed by atoms with Crippen molar-refractivity contribution in [1.82, 2.24) is 0 Å². The van der Waals surface area contributed by atoms with Crippen LogP contribution in [-0.2, 0) is 18.0 Å². The number of ether oxygens (including phenoxy) is 3. The van der Waals surface area contributed by atoms with Crippen molar-refractivity contribution in [1.29, 1.82) is 0 Å². The van der Waals surface area contributed by atoms with Gasteiger partial charge in [0.15, 0.2) is 0 Å². The summed E-state index contributed by atoms with van der Waals surface area (Å²) in [6, 6.07) is 8.93. The molecule has 0 amide bonds. The van der Waals surface area contributed by atoms with E-state index in [-0.39, 0.29) is 42.7 Å². The third kappa shape index (κ3) is 4.59. The number of carbonyl (C=O) groups is 2. The lowest BCUT2D eigenvalue weighted by atomic mass is 10.0. The van der Waals surface area contributed by atoms with E-state index in [1.54, 1.807) is 6.92 Å². The highest BCUT2D eigenvalue weighted by atomic mass is 16.5. The molecule has 0 aromatic heterocycles. The maximum Gasteiger partial charge on any atom is 0.347 e. The first kappa shape index (κ1) is 19.4. The van der Waals surface area contributed by atoms with Crippen LogP contribution in [0, 0.1) is 0 Å². The van der Waals surface area contributed by atoms with E-state index < -0.39 is 5.97 Å². The van der Waals surface area contributed by atoms with Crippen molar-refractivity contribution in [2.75, 3.05) is 7.11 Å². The average molecular weight is 360 g/mol. The second-order valence-electron chi connectivity index (χ2n) is 5.33. The molecular weight excluding hydrogens is 340 g/mol. The molecule has 0 bridgehead atoms. The first-order chi connectivity index (χ1) is 12.5. The summed E-state index contributed by atoms with van der Waals surface area (Å²) >= 11 is 0. The lowest BCUT2D eigenvalue weighted by molar-refractivity contribution is -0.134. The van der Waals surface area contributed by atoms with Gasteiger partial charge in [0.1, 0.15) is 22.8 Å². The van der Waals surface area contributed by atoms with Crippen LogP contribution in [0.15, 0.2) is 36.4 Å². The van der Waals surface area contributed by atoms with Gasteiger partial charge in [-0.15, -0.1) is 0 Å². The number of aliphatic hydroxyl groups is 2. The Morgan fingerprint density at radius 2 is 1.46 bits per heavy atom. The summed E-state index contributed by atoms with van der Waals surface area (Å²) in [7, 11) is 1.39. The predicted molar refractivity (Wildman–Crippen MR) is 92.2 cm³/mol. The number of hydrogen-bond donors (Lipinski definition) is 2. The standard InChI is InChI=1S/C19H20O7/c1-3-18(22)25-14-4-6-15(7-5-14)26-19(23)16-8-12(10-20)13(11-21)9-17(16)24-2/h4-9,20-21H,3,10-11H2,1-2H3. The summed E-state index contributed by atoms with van der Waals surface area (Å²) in [4.78, 5) is 23.7. The van der Waals surface area contributed by atoms with Gasteiger partial charge in [-0.3, -0.25) is 4.79 Å². The van der Waals surface area contributed by atoms with Crippen molar-refractivity contribution < 1.29 is 34.0 Å². The van der Waals surface area contributed by atoms with Gasteiger partial charge in [0.05, 0.1) is 20.3 Å². The van der Waals surface area contributed by atoms with Crippen molar-refractivity contribution in [2.24, 2.45) is 0 Å². The third-order valence-corrected chi connectivity index (χ3v) is 3.64. The van der Waals surface area contributed by atoms with Gasteiger partial charge in [-0.1, -0.05) is 6.92 Å². The van der Waals surface area contributed by atoms with Crippen LogP contribution in [-0.4, -0.2) is 29.3 Å². The minimum absolute atomic E-state index is 0.121. The van der Waals surface area contributed by atoms with Crippen LogP contribution in [0.4, 0.5) is 0 Å². The van der Waals surface area contributed by atoms with Crippen LogP contribution in [0.3, 0.4) is 0 Å². The fourth-order valence-corrected chi connectivity index (χ4v) is 2.23. The first-order valence-electron chi connectivity index (χ1n) is 7.96. The van der Waals surface area contributed by atoms with E-state index in [1.807, 2.05) is 0 Å². The molecule has 138 valence electrons. The number of esters is 2. The second-order valence-corrected chi connectivity index (χ2v) is 5.33. The molecule has 0 aliphatic heterocycles. The van der Waals surface area contributed by atoms with E-state index >= 15 is 0 Å². The summed E-state index contributed by atoms with van der Waals surface area (Å²) in [5, 5.41) is 18.7. The number of hydrogen-bond acceptors (Lipinski definition) is 7. The van der Waals surface area contributed by atoms with Gasteiger partial charge in [-0.25, -0.2) is 4.79 Å². The van der Waals surface area contributed by atoms with E-state index in [9.17, 15) is 19.8 Å². The molecule has 0 fully saturated rings. The number of methoxy groups -OCH3 is 1. The molecule has 26 heavy (non-hydrogen) atoms. The zero-order valence-electron chi connectivity index (χ0n) is 14.5. The smallest absolute Gasteiger partial charge is 0.347 e. The zero-order chi connectivity index (χ0) is 19.1. The van der Waals surface area contributed by atoms with E-state index in [4.69, 9.17) is 14.2 Å². The Kier molecular flexibility index (Phi) is 6.71. The summed E-state index contributed by atoms with van der Waals surface area (Å²) < 4.78 is 15.5. The maximum absolute atomic E-state index is 12.4.